The number of hydrogen-bond acceptors (Lipinski definition) is 8. The molecule has 1 fully saturated rings. The average Bonchev–Trinajstić information content (AvgIpc) is 3.47. The van der Waals surface area contributed by atoms with Crippen LogP contribution in [0.4, 0.5) is 19.1 Å². The number of aliphatic hydroxyl groups excluding tert-OH is 1. The van der Waals surface area contributed by atoms with Gasteiger partial charge >= 0.3 is 0 Å². The van der Waals surface area contributed by atoms with Crippen LogP contribution in [0.15, 0.2) is 24.4 Å². The molecule has 192 valence electrons. The van der Waals surface area contributed by atoms with Crippen LogP contribution in [0, 0.1) is 5.82 Å². The largest absolute Gasteiger partial charge is 0.479 e. The fourth-order valence-corrected chi connectivity index (χ4v) is 4.65. The van der Waals surface area contributed by atoms with Crippen LogP contribution < -0.4 is 10.1 Å². The molecule has 0 radical (unpaired) electrons. The Balaban J connectivity index is 1.43. The van der Waals surface area contributed by atoms with Gasteiger partial charge < -0.3 is 19.9 Å². The van der Waals surface area contributed by atoms with Gasteiger partial charge in [-0.05, 0) is 49.4 Å². The van der Waals surface area contributed by atoms with E-state index in [1.807, 2.05) is 0 Å². The number of anilines is 1. The molecule has 0 atom stereocenters. The van der Waals surface area contributed by atoms with Gasteiger partial charge in [-0.2, -0.15) is 4.98 Å². The topological polar surface area (TPSA) is 112 Å². The van der Waals surface area contributed by atoms with E-state index in [1.54, 1.807) is 22.8 Å². The number of nitrogens with zero attached hydrogens (tertiary/aromatic N) is 6. The van der Waals surface area contributed by atoms with E-state index in [4.69, 9.17) is 14.6 Å². The van der Waals surface area contributed by atoms with E-state index < -0.39 is 18.8 Å². The molecule has 0 aliphatic heterocycles. The first kappa shape index (κ1) is 24.3. The van der Waals surface area contributed by atoms with E-state index >= 15 is 0 Å². The minimum atomic E-state index is -2.65. The third kappa shape index (κ3) is 4.80. The maximum absolute atomic E-state index is 14.8. The van der Waals surface area contributed by atoms with Gasteiger partial charge in [-0.3, -0.25) is 0 Å². The second kappa shape index (κ2) is 10.3. The van der Waals surface area contributed by atoms with Gasteiger partial charge in [0.15, 0.2) is 5.82 Å². The van der Waals surface area contributed by atoms with Crippen molar-refractivity contribution in [3.05, 3.63) is 30.2 Å². The Kier molecular flexibility index (Phi) is 6.92. The molecule has 1 aromatic carbocycles. The second-order valence-electron chi connectivity index (χ2n) is 8.67. The molecular formula is C23H26F3N7O3. The summed E-state index contributed by atoms with van der Waals surface area (Å²) in [7, 11) is 1.48. The smallest absolute Gasteiger partial charge is 0.258 e. The Bertz CT molecular complexity index is 1350. The molecule has 3 aromatic heterocycles. The van der Waals surface area contributed by atoms with Crippen molar-refractivity contribution < 1.29 is 27.8 Å². The third-order valence-electron chi connectivity index (χ3n) is 6.32. The van der Waals surface area contributed by atoms with Crippen LogP contribution in [0.5, 0.6) is 5.88 Å². The van der Waals surface area contributed by atoms with E-state index in [-0.39, 0.29) is 35.7 Å². The number of ether oxygens (including phenoxy) is 2. The zero-order valence-electron chi connectivity index (χ0n) is 19.6. The summed E-state index contributed by atoms with van der Waals surface area (Å²) in [6.07, 6.45) is 2.68. The summed E-state index contributed by atoms with van der Waals surface area (Å²) in [6, 6.07) is 4.75. The van der Waals surface area contributed by atoms with Gasteiger partial charge in [0.1, 0.15) is 17.6 Å². The van der Waals surface area contributed by atoms with E-state index in [0.717, 1.165) is 30.4 Å². The molecule has 0 amide bonds. The molecule has 1 aliphatic carbocycles. The van der Waals surface area contributed by atoms with Gasteiger partial charge in [0.2, 0.25) is 11.8 Å². The molecule has 2 N–H and O–H groups in total. The fraction of sp³-hybridized carbons (Fsp3) is 0.478. The van der Waals surface area contributed by atoms with E-state index in [0.29, 0.717) is 29.2 Å². The molecule has 5 rings (SSSR count). The highest BCUT2D eigenvalue weighted by atomic mass is 19.3. The predicted molar refractivity (Wildman–Crippen MR) is 125 cm³/mol. The van der Waals surface area contributed by atoms with Crippen LogP contribution in [0.1, 0.15) is 25.7 Å². The quantitative estimate of drug-likeness (QED) is 0.357. The van der Waals surface area contributed by atoms with Crippen molar-refractivity contribution in [2.75, 3.05) is 25.6 Å². The molecule has 36 heavy (non-hydrogen) atoms. The molecule has 4 aromatic rings. The van der Waals surface area contributed by atoms with Crippen LogP contribution in [-0.4, -0.2) is 73.6 Å². The Hall–Kier alpha value is -3.45. The maximum Gasteiger partial charge on any atom is 0.258 e. The van der Waals surface area contributed by atoms with Gasteiger partial charge in [0, 0.05) is 17.8 Å². The number of nitrogens with one attached hydrogen (secondary N) is 1. The summed E-state index contributed by atoms with van der Waals surface area (Å²) in [6.45, 7) is -0.328. The lowest BCUT2D eigenvalue weighted by Gasteiger charge is -2.29. The summed E-state index contributed by atoms with van der Waals surface area (Å²) in [4.78, 5) is 4.52. The highest BCUT2D eigenvalue weighted by molar-refractivity contribution is 5.89. The summed E-state index contributed by atoms with van der Waals surface area (Å²) >= 11 is 0. The van der Waals surface area contributed by atoms with Crippen molar-refractivity contribution in [2.45, 2.75) is 50.8 Å². The number of hydrogen-bond donors (Lipinski definition) is 2. The van der Waals surface area contributed by atoms with Crippen molar-refractivity contribution in [1.29, 1.82) is 0 Å². The molecule has 13 heteroatoms. The first-order valence-corrected chi connectivity index (χ1v) is 11.7. The molecule has 1 saturated carbocycles. The Labute approximate surface area is 204 Å². The van der Waals surface area contributed by atoms with Gasteiger partial charge in [-0.1, -0.05) is 5.21 Å². The van der Waals surface area contributed by atoms with Crippen LogP contribution in [0.2, 0.25) is 0 Å². The van der Waals surface area contributed by atoms with Crippen molar-refractivity contribution in [1.82, 2.24) is 29.6 Å². The first-order valence-electron chi connectivity index (χ1n) is 11.7. The zero-order valence-corrected chi connectivity index (χ0v) is 19.6. The van der Waals surface area contributed by atoms with Crippen LogP contribution in [0.25, 0.3) is 27.7 Å². The van der Waals surface area contributed by atoms with Gasteiger partial charge in [-0.15, -0.1) is 10.2 Å². The van der Waals surface area contributed by atoms with Crippen molar-refractivity contribution in [3.8, 4) is 17.0 Å². The molecule has 10 nitrogen and oxygen atoms in total. The molecular weight excluding hydrogens is 479 g/mol. The highest BCUT2D eigenvalue weighted by Gasteiger charge is 2.24. The van der Waals surface area contributed by atoms with E-state index in [2.05, 4.69) is 25.7 Å². The van der Waals surface area contributed by atoms with Crippen LogP contribution >= 0.6 is 0 Å². The molecule has 0 bridgehead atoms. The molecule has 3 heterocycles. The number of alkyl halides is 2. The number of rotatable bonds is 9. The molecule has 0 spiro atoms. The van der Waals surface area contributed by atoms with Crippen molar-refractivity contribution >= 4 is 22.5 Å². The number of fused-ring (bicyclic) bond motifs is 2. The van der Waals surface area contributed by atoms with Gasteiger partial charge in [0.05, 0.1) is 31.9 Å². The zero-order chi connectivity index (χ0) is 25.2. The number of aromatic nitrogens is 6. The Morgan fingerprint density at radius 1 is 1.22 bits per heavy atom. The number of benzene rings is 1. The van der Waals surface area contributed by atoms with Crippen molar-refractivity contribution in [2.24, 2.45) is 0 Å². The summed E-state index contributed by atoms with van der Waals surface area (Å²) in [5.41, 5.74) is 1.61. The van der Waals surface area contributed by atoms with E-state index in [9.17, 15) is 13.2 Å². The minimum Gasteiger partial charge on any atom is -0.479 e. The van der Waals surface area contributed by atoms with Crippen molar-refractivity contribution in [3.63, 3.8) is 0 Å². The highest BCUT2D eigenvalue weighted by Crippen LogP contribution is 2.34. The standard InChI is InChI=1S/C23H26F3N7O3/c1-35-22-21-16(13-10-17(24)20-18(11-13)33(31-29-20)12-19(25)26)6-7-32(21)30-23(28-22)27-14-2-4-15(5-3-14)36-9-8-34/h6-7,10-11,14-15,19,34H,2-5,8-9,12H2,1H3,(H,27,30)/t14-,15+. The summed E-state index contributed by atoms with van der Waals surface area (Å²) < 4.78 is 54.4. The SMILES string of the molecule is COc1nc(N[C@H]2CC[C@@H](OCCO)CC2)nn2ccc(-c3cc(F)c4nnn(CC(F)F)c4c3)c12. The minimum absolute atomic E-state index is 0.0153. The average molecular weight is 506 g/mol. The lowest BCUT2D eigenvalue weighted by Crippen LogP contribution is -2.31. The lowest BCUT2D eigenvalue weighted by atomic mass is 9.93. The Morgan fingerprint density at radius 2 is 2.03 bits per heavy atom. The maximum atomic E-state index is 14.8. The normalized spacial score (nSPS) is 18.4. The van der Waals surface area contributed by atoms with Crippen LogP contribution in [0.3, 0.4) is 0 Å². The fourth-order valence-electron chi connectivity index (χ4n) is 4.65. The molecule has 1 aliphatic rings. The Morgan fingerprint density at radius 3 is 2.75 bits per heavy atom. The summed E-state index contributed by atoms with van der Waals surface area (Å²) in [5, 5.41) is 24.2. The van der Waals surface area contributed by atoms with Gasteiger partial charge in [-0.25, -0.2) is 22.4 Å². The number of methoxy groups -OCH3 is 1. The monoisotopic (exact) mass is 505 g/mol. The van der Waals surface area contributed by atoms with E-state index in [1.165, 1.54) is 13.2 Å². The molecule has 0 saturated heterocycles. The first-order chi connectivity index (χ1) is 17.5. The van der Waals surface area contributed by atoms with Gasteiger partial charge in [0.25, 0.3) is 6.43 Å². The molecule has 0 unspecified atom stereocenters. The number of halogens is 3. The predicted octanol–water partition coefficient (Wildman–Crippen LogP) is 3.29. The van der Waals surface area contributed by atoms with Crippen LogP contribution in [-0.2, 0) is 11.3 Å². The lowest BCUT2D eigenvalue weighted by molar-refractivity contribution is 0.00718. The summed E-state index contributed by atoms with van der Waals surface area (Å²) in [5.74, 6) is 0.00774. The second-order valence-corrected chi connectivity index (χ2v) is 8.67. The number of aliphatic hydroxyl groups is 1. The third-order valence-corrected chi connectivity index (χ3v) is 6.32.